The molecule has 0 saturated carbocycles. The van der Waals surface area contributed by atoms with E-state index in [1.54, 1.807) is 0 Å². The van der Waals surface area contributed by atoms with E-state index in [9.17, 15) is 0 Å². The molecule has 222 valence electrons. The Balaban J connectivity index is 4.75. The number of benzene rings is 1. The van der Waals surface area contributed by atoms with Crippen LogP contribution in [0.3, 0.4) is 0 Å². The fourth-order valence-corrected chi connectivity index (χ4v) is 26.3. The van der Waals surface area contributed by atoms with Gasteiger partial charge in [-0.1, -0.05) is 123 Å². The highest BCUT2D eigenvalue weighted by molar-refractivity contribution is 7.37. The molecule has 1 aromatic carbocycles. The molecule has 0 heterocycles. The van der Waals surface area contributed by atoms with Crippen molar-refractivity contribution in [1.82, 2.24) is 0 Å². The van der Waals surface area contributed by atoms with Crippen molar-refractivity contribution in [2.75, 3.05) is 0 Å². The van der Waals surface area contributed by atoms with Crippen molar-refractivity contribution in [2.45, 2.75) is 155 Å². The van der Waals surface area contributed by atoms with E-state index < -0.39 is 29.5 Å². The molecule has 0 aromatic heterocycles. The van der Waals surface area contributed by atoms with Crippen molar-refractivity contribution in [3.63, 3.8) is 0 Å². The van der Waals surface area contributed by atoms with Gasteiger partial charge in [0.15, 0.2) is 29.5 Å². The number of hydrogen-bond donors (Lipinski definition) is 0. The Labute approximate surface area is 260 Å². The summed E-state index contributed by atoms with van der Waals surface area (Å²) in [4.78, 5) is 0. The Bertz CT molecular complexity index is 760. The van der Waals surface area contributed by atoms with Crippen LogP contribution in [0.2, 0.25) is 44.3 Å². The third kappa shape index (κ3) is 6.14. The molecule has 0 radical (unpaired) electrons. The molecule has 38 heavy (non-hydrogen) atoms. The molecule has 1 rings (SSSR count). The first kappa shape index (κ1) is 37.3. The van der Waals surface area contributed by atoms with Gasteiger partial charge in [-0.2, -0.15) is 44.3 Å². The molecule has 0 atom stereocenters. The largest absolute Gasteiger partial charge is 0.191 e. The zero-order valence-electron chi connectivity index (χ0n) is 27.3. The van der Waals surface area contributed by atoms with Gasteiger partial charge in [-0.05, 0) is 65.1 Å². The molecular weight excluding hydrogens is 614 g/mol. The van der Waals surface area contributed by atoms with Crippen LogP contribution in [0, 0.1) is 0 Å². The first-order valence-corrected chi connectivity index (χ1v) is 27.6. The number of hydrogen-bond acceptors (Lipinski definition) is 0. The predicted octanol–water partition coefficient (Wildman–Crippen LogP) is 10.5. The summed E-state index contributed by atoms with van der Waals surface area (Å²) in [7, 11) is -9.94. The second-order valence-electron chi connectivity index (χ2n) is 14.3. The van der Waals surface area contributed by atoms with E-state index in [1.165, 1.54) is 20.7 Å². The molecule has 0 unspecified atom stereocenters. The van der Waals surface area contributed by atoms with Crippen molar-refractivity contribution in [2.24, 2.45) is 0 Å². The van der Waals surface area contributed by atoms with Gasteiger partial charge in [-0.15, -0.1) is 0 Å². The monoisotopic (exact) mass is 670 g/mol. The SMILES string of the molecule is CC(C)[Si](Cl)(c1cc([Si](Cl)(C(C)C)C(C)C)c([Si](Cl)(C(C)C)C(C)C)cc1[Si](Cl)(C(C)C)C(C)C)C(C)C. The summed E-state index contributed by atoms with van der Waals surface area (Å²) in [6, 6.07) is 5.07. The van der Waals surface area contributed by atoms with Crippen LogP contribution in [0.4, 0.5) is 0 Å². The van der Waals surface area contributed by atoms with Crippen LogP contribution in [-0.4, -0.2) is 29.5 Å². The number of rotatable bonds is 12. The van der Waals surface area contributed by atoms with Gasteiger partial charge in [-0.25, -0.2) is 0 Å². The predicted molar refractivity (Wildman–Crippen MR) is 192 cm³/mol. The zero-order chi connectivity index (χ0) is 30.3. The molecule has 0 saturated heterocycles. The van der Waals surface area contributed by atoms with Crippen LogP contribution in [-0.2, 0) is 0 Å². The highest BCUT2D eigenvalue weighted by Gasteiger charge is 2.54. The minimum Gasteiger partial charge on any atom is -0.160 e. The Morgan fingerprint density at radius 3 is 0.500 bits per heavy atom. The minimum atomic E-state index is -2.48. The molecule has 0 amide bonds. The van der Waals surface area contributed by atoms with Crippen molar-refractivity contribution >= 4 is 94.6 Å². The van der Waals surface area contributed by atoms with E-state index in [0.717, 1.165) is 0 Å². The van der Waals surface area contributed by atoms with Crippen molar-refractivity contribution in [3.8, 4) is 0 Å². The summed E-state index contributed by atoms with van der Waals surface area (Å²) < 4.78 is 0. The van der Waals surface area contributed by atoms with Crippen LogP contribution in [0.5, 0.6) is 0 Å². The van der Waals surface area contributed by atoms with E-state index in [0.29, 0.717) is 44.3 Å². The average Bonchev–Trinajstić information content (AvgIpc) is 2.79. The lowest BCUT2D eigenvalue weighted by Gasteiger charge is -2.46. The normalized spacial score (nSPS) is 14.6. The first-order valence-electron chi connectivity index (χ1n) is 15.0. The summed E-state index contributed by atoms with van der Waals surface area (Å²) in [5, 5.41) is 5.47. The van der Waals surface area contributed by atoms with E-state index >= 15 is 0 Å². The smallest absolute Gasteiger partial charge is 0.160 e. The maximum atomic E-state index is 7.98. The molecule has 0 aliphatic heterocycles. The van der Waals surface area contributed by atoms with Crippen molar-refractivity contribution in [3.05, 3.63) is 12.1 Å². The Morgan fingerprint density at radius 1 is 0.316 bits per heavy atom. The van der Waals surface area contributed by atoms with Crippen molar-refractivity contribution < 1.29 is 0 Å². The van der Waals surface area contributed by atoms with Crippen LogP contribution in [0.1, 0.15) is 111 Å². The molecular formula is C30H58Cl4Si4. The number of halogens is 4. The van der Waals surface area contributed by atoms with Gasteiger partial charge in [0, 0.05) is 0 Å². The lowest BCUT2D eigenvalue weighted by atomic mass is 10.3. The van der Waals surface area contributed by atoms with Gasteiger partial charge in [-0.3, -0.25) is 0 Å². The molecule has 0 aliphatic rings. The van der Waals surface area contributed by atoms with Gasteiger partial charge >= 0.3 is 0 Å². The quantitative estimate of drug-likeness (QED) is 0.153. The van der Waals surface area contributed by atoms with Crippen molar-refractivity contribution in [1.29, 1.82) is 0 Å². The molecule has 0 fully saturated rings. The summed E-state index contributed by atoms with van der Waals surface area (Å²) in [6.07, 6.45) is 0. The highest BCUT2D eigenvalue weighted by Crippen LogP contribution is 2.43. The molecule has 0 nitrogen and oxygen atoms in total. The third-order valence-electron chi connectivity index (χ3n) is 9.53. The highest BCUT2D eigenvalue weighted by atomic mass is 35.6. The fraction of sp³-hybridized carbons (Fsp3) is 0.800. The molecule has 0 N–H and O–H groups in total. The van der Waals surface area contributed by atoms with Gasteiger partial charge in [0.05, 0.1) is 0 Å². The third-order valence-corrected chi connectivity index (χ3v) is 41.3. The van der Waals surface area contributed by atoms with Crippen LogP contribution < -0.4 is 20.7 Å². The maximum absolute atomic E-state index is 7.98. The molecule has 0 bridgehead atoms. The molecule has 0 aliphatic carbocycles. The summed E-state index contributed by atoms with van der Waals surface area (Å²) in [5.74, 6) is 0. The topological polar surface area (TPSA) is 0 Å². The van der Waals surface area contributed by atoms with E-state index in [2.05, 4.69) is 123 Å². The molecule has 0 spiro atoms. The van der Waals surface area contributed by atoms with Crippen LogP contribution in [0.25, 0.3) is 0 Å². The lowest BCUT2D eigenvalue weighted by molar-refractivity contribution is 0.930. The second-order valence-corrected chi connectivity index (χ2v) is 39.3. The average molecular weight is 673 g/mol. The summed E-state index contributed by atoms with van der Waals surface area (Å²) >= 11 is 31.9. The van der Waals surface area contributed by atoms with Gasteiger partial charge < -0.3 is 0 Å². The van der Waals surface area contributed by atoms with E-state index in [1.807, 2.05) is 0 Å². The lowest BCUT2D eigenvalue weighted by Crippen LogP contribution is -2.71. The molecule has 1 aromatic rings. The van der Waals surface area contributed by atoms with Gasteiger partial charge in [0.1, 0.15) is 0 Å². The summed E-state index contributed by atoms with van der Waals surface area (Å²) in [5.41, 5.74) is 2.95. The van der Waals surface area contributed by atoms with Gasteiger partial charge in [0.2, 0.25) is 0 Å². The Kier molecular flexibility index (Phi) is 13.0. The maximum Gasteiger partial charge on any atom is 0.191 e. The van der Waals surface area contributed by atoms with Gasteiger partial charge in [0.25, 0.3) is 0 Å². The second kappa shape index (κ2) is 13.3. The standard InChI is InChI=1S/C30H58Cl4Si4/c1-19(2)35(31,20(3)4)27-17-29(37(33,23(9)10)24(11)12)30(38(34,25(13)14)26(15)16)18-28(27)36(32,21(5)6)22(7)8/h17-26H,1-16H3. The zero-order valence-corrected chi connectivity index (χ0v) is 34.3. The van der Waals surface area contributed by atoms with Crippen LogP contribution in [0.15, 0.2) is 12.1 Å². The Morgan fingerprint density at radius 2 is 0.421 bits per heavy atom. The van der Waals surface area contributed by atoms with Crippen LogP contribution >= 0.6 is 44.3 Å². The fourth-order valence-electron chi connectivity index (χ4n) is 7.02. The Hall–Kier alpha value is 1.25. The minimum absolute atomic E-state index is 0.369. The first-order chi connectivity index (χ1) is 17.0. The summed E-state index contributed by atoms with van der Waals surface area (Å²) in [6.45, 7) is 37.1. The molecule has 8 heteroatoms. The van der Waals surface area contributed by atoms with E-state index in [4.69, 9.17) is 44.3 Å². The van der Waals surface area contributed by atoms with E-state index in [-0.39, 0.29) is 0 Å².